The monoisotopic (exact) mass is 586 g/mol. The summed E-state index contributed by atoms with van der Waals surface area (Å²) in [5, 5.41) is 0. The second kappa shape index (κ2) is 25.1. The van der Waals surface area contributed by atoms with Crippen LogP contribution in [0.4, 0.5) is 0 Å². The maximum Gasteiger partial charge on any atom is 0 e. The van der Waals surface area contributed by atoms with Gasteiger partial charge in [-0.25, -0.2) is 0 Å². The zero-order valence-electron chi connectivity index (χ0n) is 2.46. The Morgan fingerprint density at radius 1 is 1.00 bits per heavy atom. The van der Waals surface area contributed by atoms with Crippen LogP contribution in [0.25, 0.3) is 0 Å². The maximum atomic E-state index is 0. The molecule has 0 unspecified atom stereocenters. The minimum atomic E-state index is 0. The summed E-state index contributed by atoms with van der Waals surface area (Å²) >= 11 is 0. The molecule has 0 bridgehead atoms. The Bertz CT molecular complexity index is 11.6. The van der Waals surface area contributed by atoms with Crippen molar-refractivity contribution in [2.24, 2.45) is 0 Å². The molecule has 0 saturated carbocycles. The van der Waals surface area contributed by atoms with Gasteiger partial charge < -0.3 is 5.48 Å². The van der Waals surface area contributed by atoms with E-state index in [4.69, 9.17) is 0 Å². The van der Waals surface area contributed by atoms with Crippen LogP contribution in [-0.2, 0) is 17.1 Å². The predicted molar refractivity (Wildman–Crippen MR) is 20.9 cm³/mol. The van der Waals surface area contributed by atoms with Crippen molar-refractivity contribution >= 4 is 99.0 Å². The van der Waals surface area contributed by atoms with E-state index < -0.39 is 0 Å². The molecule has 0 amide bonds. The second-order valence-corrected chi connectivity index (χ2v) is 0. The third kappa shape index (κ3) is 18.2. The van der Waals surface area contributed by atoms with Crippen LogP contribution in [0.15, 0.2) is 0 Å². The van der Waals surface area contributed by atoms with Crippen LogP contribution in [-0.4, -0.2) is 104 Å². The van der Waals surface area contributed by atoms with Gasteiger partial charge in [0.1, 0.15) is 0 Å². The Balaban J connectivity index is 0. The quantitative estimate of drug-likeness (QED) is 0.296. The molecule has 5 heavy (non-hydrogen) atoms. The maximum absolute atomic E-state index is 0. The summed E-state index contributed by atoms with van der Waals surface area (Å²) < 4.78 is 0. The summed E-state index contributed by atoms with van der Waals surface area (Å²) in [6.07, 6.45) is 0. The van der Waals surface area contributed by atoms with E-state index in [1.807, 2.05) is 0 Å². The smallest absolute Gasteiger partial charge is 0 e. The van der Waals surface area contributed by atoms with Crippen LogP contribution < -0.4 is 0 Å². The molecule has 0 heterocycles. The molecule has 0 spiro atoms. The van der Waals surface area contributed by atoms with Gasteiger partial charge in [-0.2, -0.15) is 0 Å². The minimum absolute atomic E-state index is 0. The molecule has 0 aliphatic rings. The standard InChI is InChI=1S/Bi.Cu.H2O.Pb.Sr/h;;1H2;;. The average Bonchev–Trinajstić information content (AvgIpc) is 0. The Morgan fingerprint density at radius 2 is 1.00 bits per heavy atom. The molecule has 30 valence electrons. The fourth-order valence-electron chi connectivity index (χ4n) is 0. The van der Waals surface area contributed by atoms with Crippen LogP contribution in [0, 0.1) is 0 Å². The molecule has 0 aromatic heterocycles. The zero-order valence-corrected chi connectivity index (χ0v) is 14.2. The van der Waals surface area contributed by atoms with Gasteiger partial charge >= 0.3 is 0 Å². The molecule has 1 nitrogen and oxygen atoms in total. The van der Waals surface area contributed by atoms with Crippen molar-refractivity contribution in [2.75, 3.05) is 0 Å². The Hall–Kier alpha value is 3.77. The predicted octanol–water partition coefficient (Wildman–Crippen LogP) is -1.97. The summed E-state index contributed by atoms with van der Waals surface area (Å²) in [6.45, 7) is 0. The van der Waals surface area contributed by atoms with Gasteiger partial charge in [-0.3, -0.25) is 0 Å². The third-order valence-electron chi connectivity index (χ3n) is 0. The van der Waals surface area contributed by atoms with Crippen LogP contribution in [0.1, 0.15) is 0 Å². The molecule has 0 aliphatic heterocycles. The van der Waals surface area contributed by atoms with E-state index in [1.165, 1.54) is 0 Å². The number of hydrogen-bond donors (Lipinski definition) is 0. The molecule has 0 aromatic rings. The topological polar surface area (TPSA) is 31.5 Å². The van der Waals surface area contributed by atoms with Crippen LogP contribution in [0.5, 0.6) is 0 Å². The first-order chi connectivity index (χ1) is 0. The number of hydrogen-bond acceptors (Lipinski definition) is 0. The van der Waals surface area contributed by atoms with E-state index in [-0.39, 0.29) is 122 Å². The van der Waals surface area contributed by atoms with E-state index in [1.54, 1.807) is 0 Å². The average molecular weight is 585 g/mol. The molecule has 10 radical (unpaired) electrons. The SMILES string of the molecule is O.[Bi].[Cu].[Pb].[Sr]. The van der Waals surface area contributed by atoms with Gasteiger partial charge in [-0.05, 0) is 0 Å². The Labute approximate surface area is 118 Å². The van der Waals surface area contributed by atoms with Crippen LogP contribution in [0.3, 0.4) is 0 Å². The van der Waals surface area contributed by atoms with E-state index in [2.05, 4.69) is 0 Å². The summed E-state index contributed by atoms with van der Waals surface area (Å²) in [5.41, 5.74) is 0. The van der Waals surface area contributed by atoms with Gasteiger partial charge in [-0.15, -0.1) is 0 Å². The van der Waals surface area contributed by atoms with Crippen molar-refractivity contribution in [1.82, 2.24) is 0 Å². The van der Waals surface area contributed by atoms with Crippen molar-refractivity contribution in [3.63, 3.8) is 0 Å². The third-order valence-corrected chi connectivity index (χ3v) is 0. The van der Waals surface area contributed by atoms with Gasteiger partial charge in [-0.1, -0.05) is 0 Å². The summed E-state index contributed by atoms with van der Waals surface area (Å²) in [4.78, 5) is 0. The fourth-order valence-corrected chi connectivity index (χ4v) is 0. The Kier molecular flexibility index (Phi) is 187. The molecule has 0 fully saturated rings. The Morgan fingerprint density at radius 3 is 1.00 bits per heavy atom. The van der Waals surface area contributed by atoms with Gasteiger partial charge in [0, 0.05) is 116 Å². The van der Waals surface area contributed by atoms with Gasteiger partial charge in [0.2, 0.25) is 0 Å². The first kappa shape index (κ1) is 37.3. The van der Waals surface area contributed by atoms with E-state index in [0.717, 1.165) is 0 Å². The second-order valence-electron chi connectivity index (χ2n) is 0. The molecule has 2 N–H and O–H groups in total. The normalized spacial score (nSPS) is 0. The summed E-state index contributed by atoms with van der Waals surface area (Å²) in [6, 6.07) is 0. The summed E-state index contributed by atoms with van der Waals surface area (Å²) in [7, 11) is 0. The summed E-state index contributed by atoms with van der Waals surface area (Å²) in [5.74, 6) is 0. The molecule has 0 saturated heterocycles. The fraction of sp³-hybridized carbons (Fsp3) is 0. The molecule has 0 aromatic carbocycles. The molecule has 0 atom stereocenters. The van der Waals surface area contributed by atoms with Gasteiger partial charge in [0.15, 0.2) is 0 Å². The first-order valence-electron chi connectivity index (χ1n) is 0. The van der Waals surface area contributed by atoms with Crippen molar-refractivity contribution in [1.29, 1.82) is 0 Å². The van der Waals surface area contributed by atoms with E-state index in [0.29, 0.717) is 0 Å². The van der Waals surface area contributed by atoms with Gasteiger partial charge in [0.05, 0.1) is 0 Å². The number of rotatable bonds is 0. The molecular formula is H2BiCuOPbSr. The molecule has 5 heteroatoms. The minimum Gasteiger partial charge on any atom is -0.412 e. The molecular weight excluding hydrogens is 583 g/mol. The van der Waals surface area contributed by atoms with Crippen molar-refractivity contribution in [2.45, 2.75) is 0 Å². The van der Waals surface area contributed by atoms with E-state index >= 15 is 0 Å². The van der Waals surface area contributed by atoms with Crippen molar-refractivity contribution in [3.05, 3.63) is 0 Å². The first-order valence-corrected chi connectivity index (χ1v) is 0. The molecule has 0 rings (SSSR count). The van der Waals surface area contributed by atoms with Crippen molar-refractivity contribution < 1.29 is 22.5 Å². The molecule has 0 aliphatic carbocycles. The van der Waals surface area contributed by atoms with Gasteiger partial charge in [0.25, 0.3) is 0 Å². The largest absolute Gasteiger partial charge is 0.412 e. The van der Waals surface area contributed by atoms with Crippen LogP contribution in [0.2, 0.25) is 0 Å². The zero-order chi connectivity index (χ0) is 0. The van der Waals surface area contributed by atoms with E-state index in [9.17, 15) is 0 Å². The van der Waals surface area contributed by atoms with Crippen molar-refractivity contribution in [3.8, 4) is 0 Å². The van der Waals surface area contributed by atoms with Crippen LogP contribution >= 0.6 is 0 Å².